The molecular formula is C18H14ClN5O4S. The molecule has 0 radical (unpaired) electrons. The number of carbonyl (C=O) groups excluding carboxylic acids is 2. The Hall–Kier alpha value is -3.37. The van der Waals surface area contributed by atoms with Gasteiger partial charge in [0, 0.05) is 28.9 Å². The largest absolute Gasteiger partial charge is 0.325 e. The molecule has 0 unspecified atom stereocenters. The number of hydrogen-bond donors (Lipinski definition) is 2. The second kappa shape index (κ2) is 8.76. The number of rotatable bonds is 6. The first-order chi connectivity index (χ1) is 13.8. The predicted octanol–water partition coefficient (Wildman–Crippen LogP) is 3.93. The molecule has 0 aliphatic heterocycles. The van der Waals surface area contributed by atoms with E-state index in [4.69, 9.17) is 11.6 Å². The summed E-state index contributed by atoms with van der Waals surface area (Å²) < 4.78 is 0. The summed E-state index contributed by atoms with van der Waals surface area (Å²) in [6, 6.07) is 12.2. The average molecular weight is 432 g/mol. The third-order valence-electron chi connectivity index (χ3n) is 3.75. The monoisotopic (exact) mass is 431 g/mol. The molecule has 0 fully saturated rings. The van der Waals surface area contributed by atoms with Crippen LogP contribution in [-0.4, -0.2) is 32.3 Å². The summed E-state index contributed by atoms with van der Waals surface area (Å²) in [7, 11) is 0. The molecule has 148 valence electrons. The molecular weight excluding hydrogens is 418 g/mol. The number of benzene rings is 2. The maximum Gasteiger partial charge on any atom is 0.269 e. The molecule has 0 spiro atoms. The van der Waals surface area contributed by atoms with Crippen molar-refractivity contribution >= 4 is 51.3 Å². The Labute approximate surface area is 173 Å². The van der Waals surface area contributed by atoms with E-state index in [2.05, 4.69) is 20.8 Å². The van der Waals surface area contributed by atoms with E-state index in [0.717, 1.165) is 11.3 Å². The molecule has 11 heteroatoms. The zero-order chi connectivity index (χ0) is 21.0. The van der Waals surface area contributed by atoms with E-state index < -0.39 is 10.3 Å². The van der Waals surface area contributed by atoms with Crippen LogP contribution in [0.4, 0.5) is 16.5 Å². The lowest BCUT2D eigenvalue weighted by molar-refractivity contribution is -0.384. The first kappa shape index (κ1) is 20.4. The zero-order valence-corrected chi connectivity index (χ0v) is 16.5. The third kappa shape index (κ3) is 5.12. The summed E-state index contributed by atoms with van der Waals surface area (Å²) in [6.07, 6.45) is 0. The van der Waals surface area contributed by atoms with Gasteiger partial charge in [0.05, 0.1) is 4.92 Å². The SMILES string of the molecule is C[C@H](Cl)C(=O)Nc1ccc(C(=O)Nc2nnc(-c3ccc([N+](=O)[O-])cc3)s2)cc1. The summed E-state index contributed by atoms with van der Waals surface area (Å²) in [5, 5.41) is 24.0. The smallest absolute Gasteiger partial charge is 0.269 e. The number of nitro groups is 1. The van der Waals surface area contributed by atoms with Gasteiger partial charge in [0.15, 0.2) is 0 Å². The standard InChI is InChI=1S/C18H14ClN5O4S/c1-10(19)15(25)20-13-6-2-11(3-7-13)16(26)21-18-23-22-17(29-18)12-4-8-14(9-5-12)24(27)28/h2-10H,1H3,(H,20,25)(H,21,23,26)/t10-/m0/s1. The Morgan fingerprint density at radius 1 is 1.07 bits per heavy atom. The number of alkyl halides is 1. The van der Waals surface area contributed by atoms with Crippen LogP contribution in [0.2, 0.25) is 0 Å². The van der Waals surface area contributed by atoms with Gasteiger partial charge in [-0.3, -0.25) is 25.0 Å². The Bertz CT molecular complexity index is 1050. The highest BCUT2D eigenvalue weighted by molar-refractivity contribution is 7.18. The van der Waals surface area contributed by atoms with Crippen LogP contribution >= 0.6 is 22.9 Å². The fourth-order valence-corrected chi connectivity index (χ4v) is 3.03. The number of halogens is 1. The lowest BCUT2D eigenvalue weighted by atomic mass is 10.2. The summed E-state index contributed by atoms with van der Waals surface area (Å²) in [5.41, 5.74) is 1.53. The summed E-state index contributed by atoms with van der Waals surface area (Å²) in [5.74, 6) is -0.725. The van der Waals surface area contributed by atoms with Crippen LogP contribution in [0.15, 0.2) is 48.5 Å². The molecule has 0 aliphatic rings. The first-order valence-corrected chi connectivity index (χ1v) is 9.53. The quantitative estimate of drug-likeness (QED) is 0.346. The molecule has 29 heavy (non-hydrogen) atoms. The van der Waals surface area contributed by atoms with E-state index in [1.54, 1.807) is 43.3 Å². The van der Waals surface area contributed by atoms with E-state index in [1.807, 2.05) is 0 Å². The van der Waals surface area contributed by atoms with Crippen molar-refractivity contribution in [1.82, 2.24) is 10.2 Å². The van der Waals surface area contributed by atoms with Crippen molar-refractivity contribution in [3.63, 3.8) is 0 Å². The normalized spacial score (nSPS) is 11.5. The minimum Gasteiger partial charge on any atom is -0.325 e. The Balaban J connectivity index is 1.65. The number of non-ortho nitro benzene ring substituents is 1. The summed E-state index contributed by atoms with van der Waals surface area (Å²) in [6.45, 7) is 1.56. The Morgan fingerprint density at radius 2 is 1.72 bits per heavy atom. The van der Waals surface area contributed by atoms with Crippen LogP contribution in [0.1, 0.15) is 17.3 Å². The van der Waals surface area contributed by atoms with Gasteiger partial charge in [-0.2, -0.15) is 0 Å². The van der Waals surface area contributed by atoms with Gasteiger partial charge in [-0.05, 0) is 43.3 Å². The number of nitrogens with one attached hydrogen (secondary N) is 2. The summed E-state index contributed by atoms with van der Waals surface area (Å²) >= 11 is 6.84. The molecule has 1 heterocycles. The number of amides is 2. The summed E-state index contributed by atoms with van der Waals surface area (Å²) in [4.78, 5) is 34.2. The first-order valence-electron chi connectivity index (χ1n) is 8.28. The molecule has 3 rings (SSSR count). The maximum atomic E-state index is 12.4. The lowest BCUT2D eigenvalue weighted by Crippen LogP contribution is -2.20. The molecule has 3 aromatic rings. The molecule has 2 N–H and O–H groups in total. The Kier molecular flexibility index (Phi) is 6.15. The van der Waals surface area contributed by atoms with Gasteiger partial charge in [-0.15, -0.1) is 21.8 Å². The van der Waals surface area contributed by atoms with Crippen molar-refractivity contribution in [3.05, 3.63) is 64.2 Å². The number of aromatic nitrogens is 2. The molecule has 1 atom stereocenters. The average Bonchev–Trinajstić information content (AvgIpc) is 3.17. The molecule has 2 amide bonds. The van der Waals surface area contributed by atoms with Crippen molar-refractivity contribution in [3.8, 4) is 10.6 Å². The second-order valence-electron chi connectivity index (χ2n) is 5.85. The van der Waals surface area contributed by atoms with Crippen molar-refractivity contribution < 1.29 is 14.5 Å². The van der Waals surface area contributed by atoms with E-state index in [-0.39, 0.29) is 22.6 Å². The molecule has 0 aliphatic carbocycles. The minimum atomic E-state index is -0.666. The molecule has 0 saturated heterocycles. The highest BCUT2D eigenvalue weighted by Gasteiger charge is 2.13. The fraction of sp³-hybridized carbons (Fsp3) is 0.111. The highest BCUT2D eigenvalue weighted by Crippen LogP contribution is 2.28. The van der Waals surface area contributed by atoms with Gasteiger partial charge in [0.1, 0.15) is 10.4 Å². The zero-order valence-electron chi connectivity index (χ0n) is 15.0. The van der Waals surface area contributed by atoms with Crippen LogP contribution in [0, 0.1) is 10.1 Å². The fourth-order valence-electron chi connectivity index (χ4n) is 2.23. The van der Waals surface area contributed by atoms with Crippen molar-refractivity contribution in [1.29, 1.82) is 0 Å². The second-order valence-corrected chi connectivity index (χ2v) is 7.49. The lowest BCUT2D eigenvalue weighted by Gasteiger charge is -2.07. The van der Waals surface area contributed by atoms with Crippen LogP contribution in [0.5, 0.6) is 0 Å². The molecule has 0 saturated carbocycles. The van der Waals surface area contributed by atoms with Gasteiger partial charge in [-0.1, -0.05) is 11.3 Å². The minimum absolute atomic E-state index is 0.0214. The predicted molar refractivity (Wildman–Crippen MR) is 110 cm³/mol. The number of hydrogen-bond acceptors (Lipinski definition) is 7. The van der Waals surface area contributed by atoms with Crippen molar-refractivity contribution in [2.24, 2.45) is 0 Å². The van der Waals surface area contributed by atoms with E-state index in [0.29, 0.717) is 21.8 Å². The number of anilines is 2. The molecule has 1 aromatic heterocycles. The van der Waals surface area contributed by atoms with Crippen LogP contribution in [0.25, 0.3) is 10.6 Å². The molecule has 2 aromatic carbocycles. The van der Waals surface area contributed by atoms with Crippen LogP contribution < -0.4 is 10.6 Å². The number of nitro benzene ring substituents is 1. The van der Waals surface area contributed by atoms with E-state index in [1.165, 1.54) is 12.1 Å². The van der Waals surface area contributed by atoms with E-state index >= 15 is 0 Å². The van der Waals surface area contributed by atoms with Gasteiger partial charge in [-0.25, -0.2) is 0 Å². The highest BCUT2D eigenvalue weighted by atomic mass is 35.5. The van der Waals surface area contributed by atoms with Crippen LogP contribution in [0.3, 0.4) is 0 Å². The van der Waals surface area contributed by atoms with Crippen LogP contribution in [-0.2, 0) is 4.79 Å². The third-order valence-corrected chi connectivity index (χ3v) is 4.83. The van der Waals surface area contributed by atoms with Crippen molar-refractivity contribution in [2.45, 2.75) is 12.3 Å². The van der Waals surface area contributed by atoms with Crippen molar-refractivity contribution in [2.75, 3.05) is 10.6 Å². The van der Waals surface area contributed by atoms with Gasteiger partial charge in [0.25, 0.3) is 11.6 Å². The number of carbonyl (C=O) groups is 2. The number of nitrogens with zero attached hydrogens (tertiary/aromatic N) is 3. The topological polar surface area (TPSA) is 127 Å². The molecule has 9 nitrogen and oxygen atoms in total. The molecule has 0 bridgehead atoms. The van der Waals surface area contributed by atoms with Gasteiger partial charge < -0.3 is 5.32 Å². The Morgan fingerprint density at radius 3 is 2.31 bits per heavy atom. The maximum absolute atomic E-state index is 12.4. The van der Waals surface area contributed by atoms with E-state index in [9.17, 15) is 19.7 Å². The van der Waals surface area contributed by atoms with Gasteiger partial charge in [0.2, 0.25) is 11.0 Å². The van der Waals surface area contributed by atoms with Gasteiger partial charge >= 0.3 is 0 Å².